The van der Waals surface area contributed by atoms with Crippen LogP contribution in [0.3, 0.4) is 0 Å². The first kappa shape index (κ1) is 17.2. The van der Waals surface area contributed by atoms with Crippen LogP contribution in [-0.2, 0) is 9.53 Å². The Bertz CT molecular complexity index is 526. The average molecular weight is 348 g/mol. The molecule has 0 aromatic heterocycles. The molecule has 0 radical (unpaired) electrons. The van der Waals surface area contributed by atoms with E-state index in [-0.39, 0.29) is 18.0 Å². The average Bonchev–Trinajstić information content (AvgIpc) is 2.98. The molecular weight excluding hydrogens is 316 g/mol. The van der Waals surface area contributed by atoms with Crippen molar-refractivity contribution in [2.24, 2.45) is 23.7 Å². The normalized spacial score (nSPS) is 39.6. The maximum absolute atomic E-state index is 13.0. The Labute approximate surface area is 150 Å². The highest BCUT2D eigenvalue weighted by atomic mass is 16.6. The molecule has 1 atom stereocenters. The first-order chi connectivity index (χ1) is 11.8. The van der Waals surface area contributed by atoms with Crippen molar-refractivity contribution >= 4 is 12.0 Å². The molecule has 1 N–H and O–H groups in total. The van der Waals surface area contributed by atoms with Crippen LogP contribution >= 0.6 is 0 Å². The van der Waals surface area contributed by atoms with Crippen LogP contribution in [0.25, 0.3) is 0 Å². The van der Waals surface area contributed by atoms with Crippen LogP contribution in [0, 0.1) is 23.7 Å². The quantitative estimate of drug-likeness (QED) is 0.833. The highest BCUT2D eigenvalue weighted by Crippen LogP contribution is 2.53. The molecule has 2 amide bonds. The van der Waals surface area contributed by atoms with Gasteiger partial charge < -0.3 is 10.1 Å². The fourth-order valence-corrected chi connectivity index (χ4v) is 6.00. The molecule has 4 saturated carbocycles. The maximum Gasteiger partial charge on any atom is 0.410 e. The summed E-state index contributed by atoms with van der Waals surface area (Å²) in [6, 6.07) is -0.0200. The van der Waals surface area contributed by atoms with E-state index in [9.17, 15) is 9.59 Å². The van der Waals surface area contributed by atoms with Gasteiger partial charge in [-0.2, -0.15) is 0 Å². The van der Waals surface area contributed by atoms with Crippen molar-refractivity contribution in [1.82, 2.24) is 10.2 Å². The molecule has 140 valence electrons. The lowest BCUT2D eigenvalue weighted by atomic mass is 9.54. The second kappa shape index (κ2) is 6.17. The van der Waals surface area contributed by atoms with Gasteiger partial charge >= 0.3 is 6.09 Å². The van der Waals surface area contributed by atoms with Gasteiger partial charge in [-0.3, -0.25) is 9.69 Å². The van der Waals surface area contributed by atoms with E-state index in [1.54, 1.807) is 4.90 Å². The number of ether oxygens (including phenoxy) is 1. The van der Waals surface area contributed by atoms with Gasteiger partial charge in [0.2, 0.25) is 5.91 Å². The van der Waals surface area contributed by atoms with Crippen LogP contribution in [0.4, 0.5) is 4.79 Å². The van der Waals surface area contributed by atoms with E-state index >= 15 is 0 Å². The van der Waals surface area contributed by atoms with E-state index in [2.05, 4.69) is 5.32 Å². The monoisotopic (exact) mass is 348 g/mol. The van der Waals surface area contributed by atoms with E-state index in [1.165, 1.54) is 32.1 Å². The molecule has 4 bridgehead atoms. The summed E-state index contributed by atoms with van der Waals surface area (Å²) in [6.45, 7) is 6.22. The van der Waals surface area contributed by atoms with Gasteiger partial charge in [-0.05, 0) is 89.4 Å². The van der Waals surface area contributed by atoms with E-state index in [0.29, 0.717) is 24.4 Å². The van der Waals surface area contributed by atoms with Crippen molar-refractivity contribution < 1.29 is 14.3 Å². The van der Waals surface area contributed by atoms with Crippen LogP contribution in [0.5, 0.6) is 0 Å². The fraction of sp³-hybridized carbons (Fsp3) is 0.900. The predicted molar refractivity (Wildman–Crippen MR) is 94.9 cm³/mol. The molecule has 4 aliphatic carbocycles. The molecule has 5 rings (SSSR count). The van der Waals surface area contributed by atoms with E-state index in [1.807, 2.05) is 20.8 Å². The minimum absolute atomic E-state index is 0.0424. The summed E-state index contributed by atoms with van der Waals surface area (Å²) in [5.41, 5.74) is -0.526. The summed E-state index contributed by atoms with van der Waals surface area (Å²) in [5.74, 6) is 3.18. The van der Waals surface area contributed by atoms with Crippen molar-refractivity contribution in [3.63, 3.8) is 0 Å². The summed E-state index contributed by atoms with van der Waals surface area (Å²) in [6.07, 6.45) is 7.85. The maximum atomic E-state index is 13.0. The Morgan fingerprint density at radius 3 is 2.16 bits per heavy atom. The third-order valence-corrected chi connectivity index (χ3v) is 6.72. The van der Waals surface area contributed by atoms with Gasteiger partial charge in [0, 0.05) is 12.6 Å². The first-order valence-electron chi connectivity index (χ1n) is 10.1. The van der Waals surface area contributed by atoms with Gasteiger partial charge in [0.15, 0.2) is 0 Å². The molecule has 1 saturated heterocycles. The van der Waals surface area contributed by atoms with Crippen LogP contribution in [-0.4, -0.2) is 41.1 Å². The van der Waals surface area contributed by atoms with Gasteiger partial charge in [-0.15, -0.1) is 0 Å². The Morgan fingerprint density at radius 1 is 1.00 bits per heavy atom. The second-order valence-electron chi connectivity index (χ2n) is 9.80. The van der Waals surface area contributed by atoms with Crippen LogP contribution in [0.1, 0.15) is 65.7 Å². The zero-order valence-corrected chi connectivity index (χ0v) is 15.8. The number of likely N-dealkylation sites (tertiary alicyclic amines) is 1. The number of carbonyl (C=O) groups is 2. The molecule has 5 fully saturated rings. The van der Waals surface area contributed by atoms with Gasteiger partial charge in [-0.1, -0.05) is 0 Å². The van der Waals surface area contributed by atoms with Crippen molar-refractivity contribution in [3.05, 3.63) is 0 Å². The molecule has 1 heterocycles. The van der Waals surface area contributed by atoms with E-state index < -0.39 is 5.60 Å². The van der Waals surface area contributed by atoms with E-state index in [0.717, 1.165) is 24.7 Å². The Morgan fingerprint density at radius 2 is 1.60 bits per heavy atom. The Hall–Kier alpha value is -1.26. The number of nitrogens with zero attached hydrogens (tertiary/aromatic N) is 1. The molecule has 1 aliphatic heterocycles. The number of rotatable bonds is 2. The zero-order chi connectivity index (χ0) is 17.8. The van der Waals surface area contributed by atoms with Gasteiger partial charge in [-0.25, -0.2) is 4.79 Å². The molecule has 0 aromatic carbocycles. The largest absolute Gasteiger partial charge is 0.444 e. The lowest BCUT2D eigenvalue weighted by molar-refractivity contribution is -0.129. The SMILES string of the molecule is CC(C)(C)OC(=O)N1CCC[C@@H]1C(=O)NC1C2CC3CC(C2)CC1C3. The van der Waals surface area contributed by atoms with Crippen molar-refractivity contribution in [1.29, 1.82) is 0 Å². The predicted octanol–water partition coefficient (Wildman–Crippen LogP) is 3.33. The molecule has 5 aliphatic rings. The molecule has 0 unspecified atom stereocenters. The van der Waals surface area contributed by atoms with Crippen molar-refractivity contribution in [2.75, 3.05) is 6.54 Å². The summed E-state index contributed by atoms with van der Waals surface area (Å²) >= 11 is 0. The fourth-order valence-electron chi connectivity index (χ4n) is 6.00. The number of hydrogen-bond acceptors (Lipinski definition) is 3. The summed E-state index contributed by atoms with van der Waals surface area (Å²) in [4.78, 5) is 27.0. The minimum Gasteiger partial charge on any atom is -0.444 e. The molecule has 5 nitrogen and oxygen atoms in total. The number of carbonyl (C=O) groups excluding carboxylic acids is 2. The summed E-state index contributed by atoms with van der Waals surface area (Å²) in [7, 11) is 0. The number of hydrogen-bond donors (Lipinski definition) is 1. The van der Waals surface area contributed by atoms with E-state index in [4.69, 9.17) is 4.74 Å². The smallest absolute Gasteiger partial charge is 0.410 e. The lowest BCUT2D eigenvalue weighted by Crippen LogP contribution is -2.58. The standard InChI is InChI=1S/C20H32N2O3/c1-20(2,3)25-19(24)22-6-4-5-16(22)18(23)21-17-14-8-12-7-13(10-14)11-15(17)9-12/h12-17H,4-11H2,1-3H3,(H,21,23)/t12?,13?,14?,15?,16-,17?/m1/s1. The number of amides is 2. The molecule has 0 aromatic rings. The third kappa shape index (κ3) is 3.39. The first-order valence-corrected chi connectivity index (χ1v) is 10.1. The van der Waals surface area contributed by atoms with Gasteiger partial charge in [0.05, 0.1) is 0 Å². The van der Waals surface area contributed by atoms with Crippen LogP contribution in [0.15, 0.2) is 0 Å². The molecular formula is C20H32N2O3. The Kier molecular flexibility index (Phi) is 4.24. The van der Waals surface area contributed by atoms with Gasteiger partial charge in [0.25, 0.3) is 0 Å². The van der Waals surface area contributed by atoms with Crippen LogP contribution < -0.4 is 5.32 Å². The summed E-state index contributed by atoms with van der Waals surface area (Å²) < 4.78 is 5.49. The highest BCUT2D eigenvalue weighted by molar-refractivity contribution is 5.86. The zero-order valence-electron chi connectivity index (χ0n) is 15.8. The van der Waals surface area contributed by atoms with Crippen molar-refractivity contribution in [2.45, 2.75) is 83.4 Å². The molecule has 25 heavy (non-hydrogen) atoms. The summed E-state index contributed by atoms with van der Waals surface area (Å²) in [5, 5.41) is 3.36. The minimum atomic E-state index is -0.526. The third-order valence-electron chi connectivity index (χ3n) is 6.72. The highest BCUT2D eigenvalue weighted by Gasteiger charge is 2.49. The van der Waals surface area contributed by atoms with Crippen LogP contribution in [0.2, 0.25) is 0 Å². The number of nitrogens with one attached hydrogen (secondary N) is 1. The second-order valence-corrected chi connectivity index (χ2v) is 9.80. The topological polar surface area (TPSA) is 58.6 Å². The molecule has 5 heteroatoms. The van der Waals surface area contributed by atoms with Crippen molar-refractivity contribution in [3.8, 4) is 0 Å². The van der Waals surface area contributed by atoms with Gasteiger partial charge in [0.1, 0.15) is 11.6 Å². The lowest BCUT2D eigenvalue weighted by Gasteiger charge is -2.54. The Balaban J connectivity index is 1.40. The molecule has 0 spiro atoms.